The van der Waals surface area contributed by atoms with Crippen molar-refractivity contribution in [2.75, 3.05) is 0 Å². The van der Waals surface area contributed by atoms with Crippen molar-refractivity contribution in [2.45, 2.75) is 57.5 Å². The van der Waals surface area contributed by atoms with E-state index in [0.717, 1.165) is 32.1 Å². The number of hydrogen-bond donors (Lipinski definition) is 2. The first-order chi connectivity index (χ1) is 12.9. The van der Waals surface area contributed by atoms with Crippen LogP contribution in [0.4, 0.5) is 4.39 Å². The van der Waals surface area contributed by atoms with E-state index in [4.69, 9.17) is 0 Å². The molecular formula is C20H22FN3O3. The fraction of sp³-hybridized carbons (Fsp3) is 0.450. The number of aryl methyl sites for hydroxylation is 1. The Morgan fingerprint density at radius 2 is 2.07 bits per heavy atom. The van der Waals surface area contributed by atoms with Gasteiger partial charge in [0.05, 0.1) is 0 Å². The number of nitrogens with one attached hydrogen (secondary N) is 1. The van der Waals surface area contributed by atoms with Crippen molar-refractivity contribution in [1.29, 1.82) is 0 Å². The number of benzene rings is 1. The Morgan fingerprint density at radius 1 is 1.33 bits per heavy atom. The van der Waals surface area contributed by atoms with Gasteiger partial charge in [-0.25, -0.2) is 9.37 Å². The molecule has 0 saturated heterocycles. The lowest BCUT2D eigenvalue weighted by atomic mass is 9.64. The summed E-state index contributed by atoms with van der Waals surface area (Å²) in [5.74, 6) is -0.979. The number of fused-ring (bicyclic) bond motifs is 2. The minimum Gasteiger partial charge on any atom is -0.501 e. The van der Waals surface area contributed by atoms with Gasteiger partial charge in [0.1, 0.15) is 11.6 Å². The molecule has 1 aromatic carbocycles. The van der Waals surface area contributed by atoms with Gasteiger partial charge in [-0.2, -0.15) is 0 Å². The van der Waals surface area contributed by atoms with Gasteiger partial charge in [0, 0.05) is 18.5 Å². The van der Waals surface area contributed by atoms with Crippen LogP contribution in [-0.4, -0.2) is 20.6 Å². The average Bonchev–Trinajstić information content (AvgIpc) is 2.63. The molecule has 1 saturated carbocycles. The highest BCUT2D eigenvalue weighted by atomic mass is 19.1. The maximum absolute atomic E-state index is 13.7. The molecule has 2 heterocycles. The van der Waals surface area contributed by atoms with Crippen molar-refractivity contribution in [1.82, 2.24) is 14.9 Å². The van der Waals surface area contributed by atoms with Gasteiger partial charge in [0.25, 0.3) is 11.5 Å². The molecular weight excluding hydrogens is 349 g/mol. The van der Waals surface area contributed by atoms with E-state index in [2.05, 4.69) is 10.3 Å². The summed E-state index contributed by atoms with van der Waals surface area (Å²) in [6.07, 6.45) is 4.81. The average molecular weight is 371 g/mol. The van der Waals surface area contributed by atoms with E-state index < -0.39 is 17.2 Å². The quantitative estimate of drug-likeness (QED) is 0.868. The number of hydrogen-bond acceptors (Lipinski definition) is 4. The summed E-state index contributed by atoms with van der Waals surface area (Å²) in [5, 5.41) is 12.9. The topological polar surface area (TPSA) is 84.2 Å². The van der Waals surface area contributed by atoms with Crippen LogP contribution in [0.15, 0.2) is 23.0 Å². The van der Waals surface area contributed by atoms with Gasteiger partial charge in [0.15, 0.2) is 5.69 Å². The molecule has 1 aromatic heterocycles. The largest absolute Gasteiger partial charge is 0.501 e. The summed E-state index contributed by atoms with van der Waals surface area (Å²) in [4.78, 5) is 29.6. The number of aromatic nitrogens is 2. The third-order valence-electron chi connectivity index (χ3n) is 5.87. The molecule has 4 rings (SSSR count). The van der Waals surface area contributed by atoms with Crippen LogP contribution in [0.2, 0.25) is 0 Å². The summed E-state index contributed by atoms with van der Waals surface area (Å²) in [7, 11) is 0. The Hall–Kier alpha value is -2.70. The minimum atomic E-state index is -0.631. The normalized spacial score (nSPS) is 17.3. The van der Waals surface area contributed by atoms with Gasteiger partial charge in [-0.05, 0) is 49.8 Å². The highest BCUT2D eigenvalue weighted by Gasteiger charge is 2.44. The van der Waals surface area contributed by atoms with E-state index in [-0.39, 0.29) is 23.5 Å². The van der Waals surface area contributed by atoms with Crippen molar-refractivity contribution in [3.05, 3.63) is 57.0 Å². The number of amides is 1. The number of carbonyl (C=O) groups is 1. The summed E-state index contributed by atoms with van der Waals surface area (Å²) in [5.41, 5.74) is 0.179. The van der Waals surface area contributed by atoms with Crippen LogP contribution in [0.1, 0.15) is 59.5 Å². The smallest absolute Gasteiger partial charge is 0.296 e. The minimum absolute atomic E-state index is 0.0840. The zero-order valence-corrected chi connectivity index (χ0v) is 15.2. The molecule has 1 fully saturated rings. The number of halogens is 1. The first-order valence-electron chi connectivity index (χ1n) is 9.29. The lowest BCUT2D eigenvalue weighted by Gasteiger charge is -2.45. The highest BCUT2D eigenvalue weighted by Crippen LogP contribution is 2.48. The molecule has 0 radical (unpaired) electrons. The maximum Gasteiger partial charge on any atom is 0.296 e. The van der Waals surface area contributed by atoms with Crippen LogP contribution in [0.5, 0.6) is 5.75 Å². The molecule has 0 atom stereocenters. The van der Waals surface area contributed by atoms with E-state index in [9.17, 15) is 19.1 Å². The summed E-state index contributed by atoms with van der Waals surface area (Å²) >= 11 is 0. The van der Waals surface area contributed by atoms with Crippen molar-refractivity contribution in [3.8, 4) is 5.75 Å². The van der Waals surface area contributed by atoms with E-state index in [1.54, 1.807) is 19.1 Å². The highest BCUT2D eigenvalue weighted by molar-refractivity contribution is 5.94. The van der Waals surface area contributed by atoms with Gasteiger partial charge >= 0.3 is 0 Å². The van der Waals surface area contributed by atoms with Crippen LogP contribution in [-0.2, 0) is 18.5 Å². The maximum atomic E-state index is 13.7. The number of carbonyl (C=O) groups excluding carboxylic acids is 1. The van der Waals surface area contributed by atoms with E-state index in [1.165, 1.54) is 10.6 Å². The molecule has 1 aliphatic heterocycles. The fourth-order valence-electron chi connectivity index (χ4n) is 4.09. The molecule has 6 nitrogen and oxygen atoms in total. The Balaban J connectivity index is 1.62. The monoisotopic (exact) mass is 371 g/mol. The molecule has 27 heavy (non-hydrogen) atoms. The molecule has 1 aliphatic carbocycles. The zero-order valence-electron chi connectivity index (χ0n) is 15.2. The lowest BCUT2D eigenvalue weighted by molar-refractivity contribution is 0.0938. The van der Waals surface area contributed by atoms with Crippen LogP contribution >= 0.6 is 0 Å². The molecule has 142 valence electrons. The van der Waals surface area contributed by atoms with E-state index in [0.29, 0.717) is 23.5 Å². The van der Waals surface area contributed by atoms with Gasteiger partial charge < -0.3 is 10.4 Å². The molecule has 0 bridgehead atoms. The van der Waals surface area contributed by atoms with Crippen LogP contribution in [0, 0.1) is 12.7 Å². The second kappa shape index (κ2) is 6.48. The third kappa shape index (κ3) is 2.91. The SMILES string of the molecule is Cc1ccc(CNC(=O)c2nc3n(c(=O)c2O)CCCC32CCC2)cc1F. The third-order valence-corrected chi connectivity index (χ3v) is 5.87. The van der Waals surface area contributed by atoms with Crippen LogP contribution < -0.4 is 10.9 Å². The van der Waals surface area contributed by atoms with Gasteiger partial charge in [-0.1, -0.05) is 18.6 Å². The fourth-order valence-corrected chi connectivity index (χ4v) is 4.09. The molecule has 2 aromatic rings. The molecule has 2 N–H and O–H groups in total. The van der Waals surface area contributed by atoms with Gasteiger partial charge in [-0.3, -0.25) is 14.2 Å². The Kier molecular flexibility index (Phi) is 4.25. The van der Waals surface area contributed by atoms with E-state index >= 15 is 0 Å². The van der Waals surface area contributed by atoms with Gasteiger partial charge in [0.2, 0.25) is 5.75 Å². The number of aromatic hydroxyl groups is 1. The lowest BCUT2D eigenvalue weighted by Crippen LogP contribution is -2.45. The second-order valence-electron chi connectivity index (χ2n) is 7.59. The predicted octanol–water partition coefficient (Wildman–Crippen LogP) is 2.54. The van der Waals surface area contributed by atoms with Crippen molar-refractivity contribution in [3.63, 3.8) is 0 Å². The van der Waals surface area contributed by atoms with Crippen LogP contribution in [0.3, 0.4) is 0 Å². The van der Waals surface area contributed by atoms with Crippen molar-refractivity contribution in [2.24, 2.45) is 0 Å². The molecule has 1 spiro atoms. The first-order valence-corrected chi connectivity index (χ1v) is 9.29. The second-order valence-corrected chi connectivity index (χ2v) is 7.59. The Labute approximate surface area is 156 Å². The van der Waals surface area contributed by atoms with Crippen LogP contribution in [0.25, 0.3) is 0 Å². The van der Waals surface area contributed by atoms with E-state index in [1.807, 2.05) is 0 Å². The Morgan fingerprint density at radius 3 is 2.74 bits per heavy atom. The van der Waals surface area contributed by atoms with Crippen molar-refractivity contribution < 1.29 is 14.3 Å². The summed E-state index contributed by atoms with van der Waals surface area (Å²) in [6.45, 7) is 2.26. The van der Waals surface area contributed by atoms with Crippen molar-refractivity contribution >= 4 is 5.91 Å². The van der Waals surface area contributed by atoms with Gasteiger partial charge in [-0.15, -0.1) is 0 Å². The predicted molar refractivity (Wildman–Crippen MR) is 97.2 cm³/mol. The summed E-state index contributed by atoms with van der Waals surface area (Å²) < 4.78 is 15.2. The number of rotatable bonds is 3. The first kappa shape index (κ1) is 17.7. The molecule has 7 heteroatoms. The standard InChI is InChI=1S/C20H22FN3O3/c1-12-4-5-13(10-14(12)21)11-22-17(26)15-16(25)18(27)24-9-3-8-20(6-2-7-20)19(24)23-15/h4-5,10,25H,2-3,6-9,11H2,1H3,(H,22,26). The zero-order chi connectivity index (χ0) is 19.2. The number of nitrogens with zero attached hydrogens (tertiary/aromatic N) is 2. The molecule has 0 unspecified atom stereocenters. The molecule has 1 amide bonds. The Bertz CT molecular complexity index is 979. The summed E-state index contributed by atoms with van der Waals surface area (Å²) in [6, 6.07) is 4.71. The molecule has 2 aliphatic rings.